The summed E-state index contributed by atoms with van der Waals surface area (Å²) in [5.74, 6) is 0. The first kappa shape index (κ1) is 11.7. The van der Waals surface area contributed by atoms with Gasteiger partial charge in [-0.3, -0.25) is 0 Å². The standard InChI is InChI=1S/C13H17N3OS/c1-8-15-11-7-12(10(14)6-13(11)18-8)16(4-5-17)9-2-3-9/h6-7,9,17H,2-5,14H2,1H3. The van der Waals surface area contributed by atoms with Crippen molar-refractivity contribution < 1.29 is 5.11 Å². The zero-order valence-electron chi connectivity index (χ0n) is 10.4. The summed E-state index contributed by atoms with van der Waals surface area (Å²) in [6, 6.07) is 4.60. The normalized spacial score (nSPS) is 15.2. The highest BCUT2D eigenvalue weighted by molar-refractivity contribution is 7.18. The fourth-order valence-corrected chi connectivity index (χ4v) is 3.19. The summed E-state index contributed by atoms with van der Waals surface area (Å²) in [7, 11) is 0. The Kier molecular flexibility index (Phi) is 2.87. The topological polar surface area (TPSA) is 62.4 Å². The largest absolute Gasteiger partial charge is 0.397 e. The number of nitrogen functional groups attached to an aromatic ring is 1. The van der Waals surface area contributed by atoms with Gasteiger partial charge in [-0.2, -0.15) is 0 Å². The van der Waals surface area contributed by atoms with E-state index in [4.69, 9.17) is 5.73 Å². The van der Waals surface area contributed by atoms with E-state index in [1.807, 2.05) is 13.0 Å². The third-order valence-corrected chi connectivity index (χ3v) is 4.22. The quantitative estimate of drug-likeness (QED) is 0.830. The van der Waals surface area contributed by atoms with Crippen molar-refractivity contribution in [2.24, 2.45) is 0 Å². The average molecular weight is 263 g/mol. The van der Waals surface area contributed by atoms with Gasteiger partial charge in [-0.05, 0) is 31.9 Å². The molecule has 3 rings (SSSR count). The lowest BCUT2D eigenvalue weighted by molar-refractivity contribution is 0.301. The number of thiazole rings is 1. The van der Waals surface area contributed by atoms with E-state index in [9.17, 15) is 5.11 Å². The SMILES string of the molecule is Cc1nc2cc(N(CCO)C3CC3)c(N)cc2s1. The Morgan fingerprint density at radius 2 is 2.28 bits per heavy atom. The molecule has 0 aliphatic heterocycles. The molecule has 18 heavy (non-hydrogen) atoms. The van der Waals surface area contributed by atoms with Crippen LogP contribution in [-0.4, -0.2) is 29.3 Å². The highest BCUT2D eigenvalue weighted by Crippen LogP contribution is 2.37. The summed E-state index contributed by atoms with van der Waals surface area (Å²) >= 11 is 1.67. The molecule has 1 fully saturated rings. The number of hydrogen-bond acceptors (Lipinski definition) is 5. The number of rotatable bonds is 4. The second kappa shape index (κ2) is 4.40. The third-order valence-electron chi connectivity index (χ3n) is 3.28. The molecule has 0 unspecified atom stereocenters. The molecule has 0 atom stereocenters. The molecule has 4 nitrogen and oxygen atoms in total. The number of aliphatic hydroxyl groups is 1. The van der Waals surface area contributed by atoms with Crippen LogP contribution in [-0.2, 0) is 0 Å². The third kappa shape index (κ3) is 2.04. The average Bonchev–Trinajstić information content (AvgIpc) is 3.08. The van der Waals surface area contributed by atoms with Crippen molar-refractivity contribution in [3.63, 3.8) is 0 Å². The molecule has 0 radical (unpaired) electrons. The van der Waals surface area contributed by atoms with Gasteiger partial charge in [-0.15, -0.1) is 11.3 Å². The van der Waals surface area contributed by atoms with Crippen molar-refractivity contribution in [2.45, 2.75) is 25.8 Å². The molecule has 3 N–H and O–H groups in total. The minimum absolute atomic E-state index is 0.157. The molecular weight excluding hydrogens is 246 g/mol. The number of anilines is 2. The highest BCUT2D eigenvalue weighted by atomic mass is 32.1. The number of nitrogens with two attached hydrogens (primary N) is 1. The summed E-state index contributed by atoms with van der Waals surface area (Å²) in [6.45, 7) is 2.81. The molecule has 2 aromatic rings. The van der Waals surface area contributed by atoms with Crippen LogP contribution < -0.4 is 10.6 Å². The Labute approximate surface area is 110 Å². The van der Waals surface area contributed by atoms with E-state index >= 15 is 0 Å². The molecule has 0 amide bonds. The van der Waals surface area contributed by atoms with Crippen LogP contribution in [0.5, 0.6) is 0 Å². The Balaban J connectivity index is 2.05. The van der Waals surface area contributed by atoms with Gasteiger partial charge >= 0.3 is 0 Å². The van der Waals surface area contributed by atoms with Crippen molar-refractivity contribution in [1.29, 1.82) is 0 Å². The first-order chi connectivity index (χ1) is 8.69. The van der Waals surface area contributed by atoms with Crippen LogP contribution >= 0.6 is 11.3 Å². The molecule has 1 aliphatic carbocycles. The van der Waals surface area contributed by atoms with Crippen LogP contribution in [0, 0.1) is 6.92 Å². The maximum atomic E-state index is 9.19. The molecule has 0 spiro atoms. The first-order valence-corrected chi connectivity index (χ1v) is 7.05. The molecular formula is C13H17N3OS. The molecule has 5 heteroatoms. The molecule has 0 saturated heterocycles. The van der Waals surface area contributed by atoms with E-state index in [2.05, 4.69) is 16.0 Å². The molecule has 0 bridgehead atoms. The minimum atomic E-state index is 0.157. The van der Waals surface area contributed by atoms with Gasteiger partial charge in [0, 0.05) is 12.6 Å². The van der Waals surface area contributed by atoms with Crippen LogP contribution in [0.1, 0.15) is 17.8 Å². The maximum Gasteiger partial charge on any atom is 0.0907 e. The molecule has 1 saturated carbocycles. The van der Waals surface area contributed by atoms with Gasteiger partial charge in [0.15, 0.2) is 0 Å². The lowest BCUT2D eigenvalue weighted by atomic mass is 10.2. The van der Waals surface area contributed by atoms with E-state index in [1.54, 1.807) is 11.3 Å². The fourth-order valence-electron chi connectivity index (χ4n) is 2.34. The number of aryl methyl sites for hydroxylation is 1. The van der Waals surface area contributed by atoms with Gasteiger partial charge in [0.25, 0.3) is 0 Å². The van der Waals surface area contributed by atoms with E-state index in [0.29, 0.717) is 12.6 Å². The molecule has 1 heterocycles. The Morgan fingerprint density at radius 1 is 1.50 bits per heavy atom. The number of aliphatic hydroxyl groups excluding tert-OH is 1. The number of nitrogens with zero attached hydrogens (tertiary/aromatic N) is 2. The van der Waals surface area contributed by atoms with E-state index in [0.717, 1.165) is 26.6 Å². The summed E-state index contributed by atoms with van der Waals surface area (Å²) in [6.07, 6.45) is 2.38. The maximum absolute atomic E-state index is 9.19. The van der Waals surface area contributed by atoms with E-state index < -0.39 is 0 Å². The van der Waals surface area contributed by atoms with Crippen LogP contribution in [0.3, 0.4) is 0 Å². The summed E-state index contributed by atoms with van der Waals surface area (Å²) in [4.78, 5) is 6.72. The summed E-state index contributed by atoms with van der Waals surface area (Å²) in [5, 5.41) is 10.2. The van der Waals surface area contributed by atoms with Gasteiger partial charge in [0.05, 0.1) is 33.2 Å². The zero-order valence-corrected chi connectivity index (χ0v) is 11.2. The van der Waals surface area contributed by atoms with Gasteiger partial charge < -0.3 is 15.7 Å². The van der Waals surface area contributed by atoms with Crippen molar-refractivity contribution in [1.82, 2.24) is 4.98 Å². The molecule has 96 valence electrons. The second-order valence-corrected chi connectivity index (χ2v) is 5.99. The fraction of sp³-hybridized carbons (Fsp3) is 0.462. The Morgan fingerprint density at radius 3 is 2.94 bits per heavy atom. The van der Waals surface area contributed by atoms with Crippen molar-refractivity contribution in [3.05, 3.63) is 17.1 Å². The van der Waals surface area contributed by atoms with Crippen LogP contribution in [0.2, 0.25) is 0 Å². The Hall–Kier alpha value is -1.33. The first-order valence-electron chi connectivity index (χ1n) is 6.23. The zero-order chi connectivity index (χ0) is 12.7. The van der Waals surface area contributed by atoms with Crippen LogP contribution in [0.25, 0.3) is 10.2 Å². The van der Waals surface area contributed by atoms with Gasteiger partial charge in [-0.1, -0.05) is 0 Å². The van der Waals surface area contributed by atoms with Gasteiger partial charge in [0.2, 0.25) is 0 Å². The number of benzene rings is 1. The van der Waals surface area contributed by atoms with Crippen molar-refractivity contribution in [3.8, 4) is 0 Å². The summed E-state index contributed by atoms with van der Waals surface area (Å²) in [5.41, 5.74) is 8.95. The summed E-state index contributed by atoms with van der Waals surface area (Å²) < 4.78 is 1.13. The predicted molar refractivity (Wildman–Crippen MR) is 76.2 cm³/mol. The van der Waals surface area contributed by atoms with Crippen LogP contribution in [0.4, 0.5) is 11.4 Å². The van der Waals surface area contributed by atoms with Crippen molar-refractivity contribution >= 4 is 32.9 Å². The molecule has 1 aliphatic rings. The number of hydrogen-bond donors (Lipinski definition) is 2. The lowest BCUT2D eigenvalue weighted by Crippen LogP contribution is -2.29. The minimum Gasteiger partial charge on any atom is -0.397 e. The van der Waals surface area contributed by atoms with E-state index in [1.165, 1.54) is 12.8 Å². The monoisotopic (exact) mass is 263 g/mol. The highest BCUT2D eigenvalue weighted by Gasteiger charge is 2.30. The number of aromatic nitrogens is 1. The predicted octanol–water partition coefficient (Wildman–Crippen LogP) is 2.15. The number of fused-ring (bicyclic) bond motifs is 1. The lowest BCUT2D eigenvalue weighted by Gasteiger charge is -2.25. The Bertz CT molecular complexity index is 577. The molecule has 1 aromatic carbocycles. The second-order valence-electron chi connectivity index (χ2n) is 4.76. The van der Waals surface area contributed by atoms with Crippen LogP contribution in [0.15, 0.2) is 12.1 Å². The van der Waals surface area contributed by atoms with Crippen molar-refractivity contribution in [2.75, 3.05) is 23.8 Å². The molecule has 1 aromatic heterocycles. The van der Waals surface area contributed by atoms with Gasteiger partial charge in [0.1, 0.15) is 0 Å². The van der Waals surface area contributed by atoms with Gasteiger partial charge in [-0.25, -0.2) is 4.98 Å². The van der Waals surface area contributed by atoms with E-state index in [-0.39, 0.29) is 6.61 Å². The smallest absolute Gasteiger partial charge is 0.0907 e.